The minimum absolute atomic E-state index is 0.132. The molecule has 13 rings (SSSR count). The number of aromatic amines is 3. The number of aromatic nitrogens is 3. The zero-order valence-electron chi connectivity index (χ0n) is 86.0. The van der Waals surface area contributed by atoms with Crippen molar-refractivity contribution < 1.29 is 14.4 Å². The number of amides is 3. The summed E-state index contributed by atoms with van der Waals surface area (Å²) in [7, 11) is 0. The number of nitrogens with one attached hydrogen (secondary N) is 6. The number of H-pyrrole nitrogens is 3. The molecule has 7 aliphatic rings. The van der Waals surface area contributed by atoms with E-state index in [0.717, 1.165) is 166 Å². The van der Waals surface area contributed by atoms with Crippen LogP contribution in [0.2, 0.25) is 0 Å². The molecule has 10 nitrogen and oxygen atoms in total. The van der Waals surface area contributed by atoms with Gasteiger partial charge in [0.1, 0.15) is 0 Å². The van der Waals surface area contributed by atoms with Crippen molar-refractivity contribution in [1.82, 2.24) is 25.2 Å². The zero-order valence-corrected chi connectivity index (χ0v) is 86.0. The van der Waals surface area contributed by atoms with Crippen molar-refractivity contribution in [2.75, 3.05) is 23.7 Å². The average molecular weight is 1820 g/mol. The first-order valence-corrected chi connectivity index (χ1v) is 50.2. The quantitative estimate of drug-likeness (QED) is 0.0234. The maximum Gasteiger partial charge on any atom is 0.255 e. The molecule has 0 radical (unpaired) electrons. The number of hydrogen-bond acceptors (Lipinski definition) is 4. The predicted molar refractivity (Wildman–Crippen MR) is 585 cm³/mol. The van der Waals surface area contributed by atoms with Crippen molar-refractivity contribution in [2.45, 2.75) is 242 Å². The number of rotatable bonds is 32. The Kier molecular flexibility index (Phi) is 33.2. The first-order chi connectivity index (χ1) is 65.7. The molecule has 137 heavy (non-hydrogen) atoms. The van der Waals surface area contributed by atoms with E-state index < -0.39 is 10.8 Å². The smallest absolute Gasteiger partial charge is 0.255 e. The van der Waals surface area contributed by atoms with Crippen LogP contribution in [0.5, 0.6) is 0 Å². The summed E-state index contributed by atoms with van der Waals surface area (Å²) in [5.74, 6) is -0.162. The van der Waals surface area contributed by atoms with Crippen LogP contribution >= 0.6 is 0 Å². The van der Waals surface area contributed by atoms with Gasteiger partial charge in [0, 0.05) is 69.2 Å². The summed E-state index contributed by atoms with van der Waals surface area (Å²) in [6.07, 6.45) is 79.3. The van der Waals surface area contributed by atoms with E-state index in [0.29, 0.717) is 49.2 Å². The highest BCUT2D eigenvalue weighted by Crippen LogP contribution is 2.76. The predicted octanol–water partition coefficient (Wildman–Crippen LogP) is 30.6. The Labute approximate surface area is 819 Å². The summed E-state index contributed by atoms with van der Waals surface area (Å²) in [4.78, 5) is 59.2. The highest BCUT2D eigenvalue weighted by atomic mass is 16.2. The summed E-state index contributed by atoms with van der Waals surface area (Å²) in [5, 5.41) is 12.7. The molecule has 6 N–H and O–H groups in total. The largest absolute Gasteiger partial charge is 0.357 e. The van der Waals surface area contributed by atoms with Gasteiger partial charge in [-0.1, -0.05) is 329 Å². The molecule has 5 heterocycles. The Hall–Kier alpha value is -13.1. The van der Waals surface area contributed by atoms with Crippen molar-refractivity contribution in [2.24, 2.45) is 21.7 Å². The fourth-order valence-electron chi connectivity index (χ4n) is 21.5. The second-order valence-electron chi connectivity index (χ2n) is 40.2. The number of fused-ring (bicyclic) bond motifs is 8. The van der Waals surface area contributed by atoms with Gasteiger partial charge in [0.2, 0.25) is 5.91 Å². The van der Waals surface area contributed by atoms with Crippen molar-refractivity contribution in [3.8, 4) is 0 Å². The summed E-state index contributed by atoms with van der Waals surface area (Å²) in [5.41, 5.74) is 38.2. The minimum atomic E-state index is -0.790. The Morgan fingerprint density at radius 1 is 0.445 bits per heavy atom. The summed E-state index contributed by atoms with van der Waals surface area (Å²) in [6, 6.07) is 24.0. The number of carbonyl (C=O) groups is 3. The molecule has 6 aromatic rings. The number of hydrogen-bond donors (Lipinski definition) is 6. The molecular formula is C127H149N7O3. The second-order valence-corrected chi connectivity index (χ2v) is 40.2. The lowest BCUT2D eigenvalue weighted by molar-refractivity contribution is -0.156. The highest BCUT2D eigenvalue weighted by molar-refractivity contribution is 6.06. The van der Waals surface area contributed by atoms with E-state index in [1.165, 1.54) is 99.8 Å². The Bertz CT molecular complexity index is 6630. The molecule has 5 aliphatic carbocycles. The van der Waals surface area contributed by atoms with Gasteiger partial charge < -0.3 is 35.8 Å². The topological polar surface area (TPSA) is 138 Å². The fraction of sp³-hybridized carbons (Fsp3) is 0.331. The van der Waals surface area contributed by atoms with Gasteiger partial charge in [-0.25, -0.2) is 0 Å². The van der Waals surface area contributed by atoms with Crippen LogP contribution in [0.3, 0.4) is 0 Å². The molecule has 3 aromatic carbocycles. The normalized spacial score (nSPS) is 20.0. The van der Waals surface area contributed by atoms with Gasteiger partial charge in [-0.3, -0.25) is 14.4 Å². The molecule has 8 bridgehead atoms. The zero-order chi connectivity index (χ0) is 98.2. The van der Waals surface area contributed by atoms with Crippen molar-refractivity contribution >= 4 is 64.0 Å². The molecule has 2 fully saturated rings. The lowest BCUT2D eigenvalue weighted by Gasteiger charge is -2.55. The maximum absolute atomic E-state index is 15.9. The van der Waals surface area contributed by atoms with Gasteiger partial charge in [0.15, 0.2) is 0 Å². The Morgan fingerprint density at radius 3 is 1.33 bits per heavy atom. The Balaban J connectivity index is 0.717. The Morgan fingerprint density at radius 2 is 0.891 bits per heavy atom. The van der Waals surface area contributed by atoms with E-state index >= 15 is 4.79 Å². The highest BCUT2D eigenvalue weighted by Gasteiger charge is 2.74. The first kappa shape index (κ1) is 101. The van der Waals surface area contributed by atoms with Gasteiger partial charge in [-0.2, -0.15) is 0 Å². The van der Waals surface area contributed by atoms with Crippen LogP contribution in [-0.4, -0.2) is 50.7 Å². The second kappa shape index (κ2) is 44.8. The number of carbonyl (C=O) groups excluding carboxylic acids is 3. The lowest BCUT2D eigenvalue weighted by atomic mass is 9.47. The average Bonchev–Trinajstić information content (AvgIpc) is 1.48. The molecule has 3 aromatic heterocycles. The van der Waals surface area contributed by atoms with Gasteiger partial charge in [-0.05, 0) is 325 Å². The summed E-state index contributed by atoms with van der Waals surface area (Å²) < 4.78 is 0. The standard InChI is InChI=1S/C127H149N7O3/c1-24-105-93(16)115-113(99-63-67-101(68-64-99)121(135)128-103-71-59-97(60-72-103)57-53-87(10)47-33-43-83(6)39-29-31-41-85(8)45-35-49-89(12)55-75-109-91(14)51-37-77-124(109,20)21)117-95(18)107(26-3)119(132-117)108-82-126(123(137)134(27-4)28-5)79-80-127(126)96(19)118(133-120(108)127)114(116-94(17)106(25-2)112(131-116)81-111(105)130-115)100-65-69-102(70-66-100)122(136)129-104-73-61-98(62-74-104)58-54-88(11)48-34-44-84(7)40-30-32-42-86(9)46-36-50-90(13)56-76-110-92(15)52-38-78-125(110,22)23/h29-36,39-50,53-65,67-69,71-76,81,130-133H,19,24-28,37-38,51-52,66,70,77-80,82H2,1-18,20-23H3,(H,128,135)(H,129,136). The third-order valence-corrected chi connectivity index (χ3v) is 29.6. The SMILES string of the molecule is C=C1C2=C(C3=CC=C(C(=O)Nc4ccc(C=CC(C)=CC=CC(C)=CC=CC=C(C)C=CC=C(C)C=CC5=C(C)CCCC5(C)C)cc4)CC3)c3[nH]c(c(CC)c3C)C=c3[nH]c(c(C)c3CC)=C(c3ccc(C(=O)Nc4ccc(C=CC(C)=CC=CC(C)=CC=CC=C(C)C=CC=C(C)C=CC5=C(C)CCCC5(C)C)cc4)cc3)c3[nH]c(c(CC)c3C)C3=C(N2)C12CCC2(C(=O)N(CC)CC)C3. The molecule has 10 heteroatoms. The van der Waals surface area contributed by atoms with Gasteiger partial charge in [0.05, 0.1) is 33.3 Å². The third kappa shape index (κ3) is 22.9. The molecule has 1 spiro atoms. The monoisotopic (exact) mass is 1820 g/mol. The molecular weight excluding hydrogens is 1670 g/mol. The van der Waals surface area contributed by atoms with E-state index in [9.17, 15) is 9.59 Å². The van der Waals surface area contributed by atoms with Crippen LogP contribution in [-0.2, 0) is 28.9 Å². The molecule has 2 unspecified atom stereocenters. The van der Waals surface area contributed by atoms with E-state index in [4.69, 9.17) is 6.58 Å². The first-order valence-electron chi connectivity index (χ1n) is 50.2. The molecule has 3 amide bonds. The molecule has 1 saturated heterocycles. The number of allylic oxidation sites excluding steroid dienone is 45. The van der Waals surface area contributed by atoms with Gasteiger partial charge in [0.25, 0.3) is 11.8 Å². The number of benzene rings is 3. The summed E-state index contributed by atoms with van der Waals surface area (Å²) in [6.45, 7) is 55.0. The summed E-state index contributed by atoms with van der Waals surface area (Å²) >= 11 is 0. The number of anilines is 2. The van der Waals surface area contributed by atoms with Gasteiger partial charge in [-0.15, -0.1) is 0 Å². The third-order valence-electron chi connectivity index (χ3n) is 29.6. The number of nitrogens with zero attached hydrogens (tertiary/aromatic N) is 1. The van der Waals surface area contributed by atoms with Crippen LogP contribution in [0, 0.1) is 42.4 Å². The van der Waals surface area contributed by atoms with Crippen LogP contribution in [0.25, 0.3) is 34.9 Å². The lowest BCUT2D eigenvalue weighted by Crippen LogP contribution is -2.58. The maximum atomic E-state index is 15.9. The minimum Gasteiger partial charge on any atom is -0.357 e. The van der Waals surface area contributed by atoms with Gasteiger partial charge >= 0.3 is 0 Å². The van der Waals surface area contributed by atoms with E-state index in [-0.39, 0.29) is 28.6 Å². The van der Waals surface area contributed by atoms with Crippen LogP contribution < -0.4 is 26.6 Å². The van der Waals surface area contributed by atoms with E-state index in [1.54, 1.807) is 0 Å². The van der Waals surface area contributed by atoms with E-state index in [1.807, 2.05) is 71.6 Å². The fourth-order valence-corrected chi connectivity index (χ4v) is 21.5. The van der Waals surface area contributed by atoms with Crippen molar-refractivity contribution in [1.29, 1.82) is 0 Å². The van der Waals surface area contributed by atoms with Crippen LogP contribution in [0.15, 0.2) is 344 Å². The van der Waals surface area contributed by atoms with Crippen molar-refractivity contribution in [3.05, 3.63) is 434 Å². The molecule has 1 saturated carbocycles. The van der Waals surface area contributed by atoms with Crippen molar-refractivity contribution in [3.63, 3.8) is 0 Å². The van der Waals surface area contributed by atoms with Crippen LogP contribution in [0.4, 0.5) is 11.4 Å². The van der Waals surface area contributed by atoms with E-state index in [2.05, 4.69) is 378 Å². The van der Waals surface area contributed by atoms with Crippen LogP contribution in [0.1, 0.15) is 285 Å². The molecule has 2 aliphatic heterocycles. The molecule has 2 atom stereocenters. The molecule has 710 valence electrons.